The summed E-state index contributed by atoms with van der Waals surface area (Å²) >= 11 is 1.61. The van der Waals surface area contributed by atoms with E-state index in [1.54, 1.807) is 16.7 Å². The van der Waals surface area contributed by atoms with Gasteiger partial charge in [0.2, 0.25) is 5.91 Å². The predicted octanol–water partition coefficient (Wildman–Crippen LogP) is 0.405. The van der Waals surface area contributed by atoms with Crippen LogP contribution in [0.5, 0.6) is 0 Å². The molecule has 2 aliphatic rings. The molecule has 0 aliphatic carbocycles. The van der Waals surface area contributed by atoms with E-state index >= 15 is 0 Å². The van der Waals surface area contributed by atoms with Gasteiger partial charge in [-0.25, -0.2) is 4.79 Å². The lowest BCUT2D eigenvalue weighted by Crippen LogP contribution is -2.50. The van der Waals surface area contributed by atoms with Gasteiger partial charge in [-0.3, -0.25) is 4.79 Å². The van der Waals surface area contributed by atoms with Crippen LogP contribution in [0, 0.1) is 5.92 Å². The maximum Gasteiger partial charge on any atom is 0.327 e. The molecule has 18 heavy (non-hydrogen) atoms. The fraction of sp³-hybridized carbons (Fsp3) is 0.833. The van der Waals surface area contributed by atoms with E-state index in [9.17, 15) is 9.59 Å². The Hall–Kier alpha value is -0.750. The summed E-state index contributed by atoms with van der Waals surface area (Å²) in [6, 6.07) is -0.627. The average Bonchev–Trinajstić information content (AvgIpc) is 2.40. The van der Waals surface area contributed by atoms with Crippen LogP contribution >= 0.6 is 11.8 Å². The number of hydrogen-bond donors (Lipinski definition) is 2. The van der Waals surface area contributed by atoms with Crippen LogP contribution in [0.4, 0.5) is 0 Å². The van der Waals surface area contributed by atoms with Crippen LogP contribution in [0.1, 0.15) is 19.3 Å². The van der Waals surface area contributed by atoms with E-state index in [2.05, 4.69) is 5.32 Å². The molecule has 1 unspecified atom stereocenters. The molecule has 1 amide bonds. The van der Waals surface area contributed by atoms with Crippen molar-refractivity contribution in [3.63, 3.8) is 0 Å². The Morgan fingerprint density at radius 3 is 2.72 bits per heavy atom. The summed E-state index contributed by atoms with van der Waals surface area (Å²) in [7, 11) is 0. The first-order valence-corrected chi connectivity index (χ1v) is 7.64. The molecular weight excluding hydrogens is 252 g/mol. The maximum atomic E-state index is 12.2. The van der Waals surface area contributed by atoms with E-state index in [0.717, 1.165) is 31.7 Å². The van der Waals surface area contributed by atoms with Crippen molar-refractivity contribution in [3.8, 4) is 0 Å². The molecule has 0 saturated carbocycles. The van der Waals surface area contributed by atoms with Gasteiger partial charge in [-0.1, -0.05) is 0 Å². The molecule has 2 aliphatic heterocycles. The lowest BCUT2D eigenvalue weighted by atomic mass is 9.94. The second-order valence-corrected chi connectivity index (χ2v) is 6.06. The van der Waals surface area contributed by atoms with Crippen molar-refractivity contribution in [1.29, 1.82) is 0 Å². The van der Waals surface area contributed by atoms with E-state index in [4.69, 9.17) is 5.11 Å². The second-order valence-electron chi connectivity index (χ2n) is 4.91. The van der Waals surface area contributed by atoms with Gasteiger partial charge < -0.3 is 15.3 Å². The van der Waals surface area contributed by atoms with Crippen LogP contribution in [-0.4, -0.2) is 59.1 Å². The topological polar surface area (TPSA) is 69.6 Å². The standard InChI is InChI=1S/C12H20N2O3S/c15-11(7-9-1-3-13-4-2-9)14-5-6-18-8-10(14)12(16)17/h9-10,13H,1-8H2,(H,16,17). The second kappa shape index (κ2) is 6.43. The molecule has 2 rings (SSSR count). The van der Waals surface area contributed by atoms with Gasteiger partial charge in [-0.2, -0.15) is 11.8 Å². The molecule has 2 heterocycles. The molecule has 2 N–H and O–H groups in total. The Morgan fingerprint density at radius 1 is 1.33 bits per heavy atom. The third-order valence-corrected chi connectivity index (χ3v) is 4.68. The quantitative estimate of drug-likeness (QED) is 0.778. The van der Waals surface area contributed by atoms with E-state index in [-0.39, 0.29) is 5.91 Å². The van der Waals surface area contributed by atoms with Crippen molar-refractivity contribution in [2.24, 2.45) is 5.92 Å². The van der Waals surface area contributed by atoms with Gasteiger partial charge in [0.15, 0.2) is 0 Å². The Labute approximate surface area is 111 Å². The fourth-order valence-corrected chi connectivity index (χ4v) is 3.60. The van der Waals surface area contributed by atoms with Gasteiger partial charge in [0.1, 0.15) is 6.04 Å². The number of carbonyl (C=O) groups excluding carboxylic acids is 1. The predicted molar refractivity (Wildman–Crippen MR) is 70.7 cm³/mol. The van der Waals surface area contributed by atoms with Gasteiger partial charge in [0.05, 0.1) is 0 Å². The van der Waals surface area contributed by atoms with Crippen molar-refractivity contribution < 1.29 is 14.7 Å². The number of carboxylic acid groups (broad SMARTS) is 1. The zero-order valence-electron chi connectivity index (χ0n) is 10.4. The van der Waals surface area contributed by atoms with E-state index in [0.29, 0.717) is 24.6 Å². The van der Waals surface area contributed by atoms with Crippen LogP contribution in [0.2, 0.25) is 0 Å². The summed E-state index contributed by atoms with van der Waals surface area (Å²) in [5.74, 6) is 0.938. The summed E-state index contributed by atoms with van der Waals surface area (Å²) in [4.78, 5) is 24.9. The maximum absolute atomic E-state index is 12.2. The monoisotopic (exact) mass is 272 g/mol. The summed E-state index contributed by atoms with van der Waals surface area (Å²) < 4.78 is 0. The van der Waals surface area contributed by atoms with Gasteiger partial charge in [-0.05, 0) is 31.8 Å². The highest BCUT2D eigenvalue weighted by Gasteiger charge is 2.33. The lowest BCUT2D eigenvalue weighted by Gasteiger charge is -2.34. The smallest absolute Gasteiger partial charge is 0.327 e. The first kappa shape index (κ1) is 13.7. The van der Waals surface area contributed by atoms with Crippen LogP contribution in [0.3, 0.4) is 0 Å². The van der Waals surface area contributed by atoms with Crippen molar-refractivity contribution in [3.05, 3.63) is 0 Å². The minimum atomic E-state index is -0.874. The van der Waals surface area contributed by atoms with Crippen molar-refractivity contribution >= 4 is 23.6 Å². The number of hydrogen-bond acceptors (Lipinski definition) is 4. The Balaban J connectivity index is 1.91. The van der Waals surface area contributed by atoms with Gasteiger partial charge in [-0.15, -0.1) is 0 Å². The number of carboxylic acids is 1. The number of carbonyl (C=O) groups is 2. The number of thioether (sulfide) groups is 1. The lowest BCUT2D eigenvalue weighted by molar-refractivity contribution is -0.149. The molecule has 0 aromatic carbocycles. The number of nitrogens with one attached hydrogen (secondary N) is 1. The molecule has 6 heteroatoms. The Bertz CT molecular complexity index is 318. The van der Waals surface area contributed by atoms with E-state index in [1.165, 1.54) is 0 Å². The van der Waals surface area contributed by atoms with Gasteiger partial charge in [0.25, 0.3) is 0 Å². The average molecular weight is 272 g/mol. The zero-order valence-corrected chi connectivity index (χ0v) is 11.2. The third-order valence-electron chi connectivity index (χ3n) is 3.66. The molecule has 1 atom stereocenters. The highest BCUT2D eigenvalue weighted by atomic mass is 32.2. The zero-order chi connectivity index (χ0) is 13.0. The normalized spacial score (nSPS) is 26.0. The molecule has 0 aromatic rings. The number of rotatable bonds is 3. The number of aliphatic carboxylic acids is 1. The molecule has 0 aromatic heterocycles. The van der Waals surface area contributed by atoms with Crippen LogP contribution in [0.25, 0.3) is 0 Å². The molecule has 0 spiro atoms. The van der Waals surface area contributed by atoms with Crippen LogP contribution in [-0.2, 0) is 9.59 Å². The van der Waals surface area contributed by atoms with Crippen LogP contribution in [0.15, 0.2) is 0 Å². The largest absolute Gasteiger partial charge is 0.480 e. The molecular formula is C12H20N2O3S. The molecule has 5 nitrogen and oxygen atoms in total. The fourth-order valence-electron chi connectivity index (χ4n) is 2.56. The van der Waals surface area contributed by atoms with Crippen molar-refractivity contribution in [1.82, 2.24) is 10.2 Å². The minimum absolute atomic E-state index is 0.0228. The first-order valence-electron chi connectivity index (χ1n) is 6.49. The number of nitrogens with zero attached hydrogens (tertiary/aromatic N) is 1. The summed E-state index contributed by atoms with van der Waals surface area (Å²) in [6.45, 7) is 2.51. The molecule has 102 valence electrons. The van der Waals surface area contributed by atoms with Crippen molar-refractivity contribution in [2.75, 3.05) is 31.1 Å². The molecule has 2 saturated heterocycles. The summed E-state index contributed by atoms with van der Waals surface area (Å²) in [5, 5.41) is 12.4. The number of piperidine rings is 1. The van der Waals surface area contributed by atoms with E-state index in [1.807, 2.05) is 0 Å². The van der Waals surface area contributed by atoms with E-state index < -0.39 is 12.0 Å². The minimum Gasteiger partial charge on any atom is -0.480 e. The third kappa shape index (κ3) is 3.38. The van der Waals surface area contributed by atoms with Gasteiger partial charge in [0, 0.05) is 24.5 Å². The molecule has 0 bridgehead atoms. The van der Waals surface area contributed by atoms with Gasteiger partial charge >= 0.3 is 5.97 Å². The highest BCUT2D eigenvalue weighted by Crippen LogP contribution is 2.22. The van der Waals surface area contributed by atoms with Crippen LogP contribution < -0.4 is 5.32 Å². The molecule has 2 fully saturated rings. The highest BCUT2D eigenvalue weighted by molar-refractivity contribution is 7.99. The summed E-state index contributed by atoms with van der Waals surface area (Å²) in [5.41, 5.74) is 0. The Morgan fingerprint density at radius 2 is 2.06 bits per heavy atom. The SMILES string of the molecule is O=C(O)C1CSCCN1C(=O)CC1CCNCC1. The first-order chi connectivity index (χ1) is 8.68. The molecule has 0 radical (unpaired) electrons. The Kier molecular flexibility index (Phi) is 4.88. The summed E-state index contributed by atoms with van der Waals surface area (Å²) in [6.07, 6.45) is 2.55. The van der Waals surface area contributed by atoms with Crippen molar-refractivity contribution in [2.45, 2.75) is 25.3 Å². The number of amides is 1.